The molecule has 1 heterocycles. The van der Waals surface area contributed by atoms with Crippen LogP contribution in [0.15, 0.2) is 35.3 Å². The lowest BCUT2D eigenvalue weighted by atomic mass is 9.93. The summed E-state index contributed by atoms with van der Waals surface area (Å²) in [6, 6.07) is 11.1. The molecule has 156 valence electrons. The number of amides is 1. The van der Waals surface area contributed by atoms with E-state index in [1.165, 1.54) is 5.56 Å². The molecule has 1 atom stereocenters. The average Bonchev–Trinajstić information content (AvgIpc) is 2.72. The molecular weight excluding hydrogens is 350 g/mol. The molecule has 1 unspecified atom stereocenters. The quantitative estimate of drug-likeness (QED) is 0.531. The average molecular weight is 388 g/mol. The first-order valence-electron chi connectivity index (χ1n) is 10.4. The molecular formula is C22H37N5O. The molecule has 6 heteroatoms. The van der Waals surface area contributed by atoms with Crippen LogP contribution in [0.3, 0.4) is 0 Å². The first kappa shape index (κ1) is 22.2. The molecule has 28 heavy (non-hydrogen) atoms. The molecule has 1 saturated heterocycles. The molecule has 0 radical (unpaired) electrons. The number of likely N-dealkylation sites (tertiary alicyclic amines) is 1. The number of piperidine rings is 1. The lowest BCUT2D eigenvalue weighted by Gasteiger charge is -2.34. The Hall–Kier alpha value is -2.08. The number of carbonyl (C=O) groups excluding carboxylic acids is 1. The maximum absolute atomic E-state index is 11.6. The van der Waals surface area contributed by atoms with Crippen LogP contribution >= 0.6 is 0 Å². The number of rotatable bonds is 8. The van der Waals surface area contributed by atoms with Crippen LogP contribution in [-0.4, -0.2) is 68.5 Å². The Morgan fingerprint density at radius 3 is 2.57 bits per heavy atom. The van der Waals surface area contributed by atoms with Gasteiger partial charge in [-0.15, -0.1) is 0 Å². The molecule has 0 aliphatic carbocycles. The fourth-order valence-corrected chi connectivity index (χ4v) is 3.69. The highest BCUT2D eigenvalue weighted by molar-refractivity contribution is 5.80. The van der Waals surface area contributed by atoms with E-state index in [9.17, 15) is 4.79 Å². The Morgan fingerprint density at radius 1 is 1.29 bits per heavy atom. The van der Waals surface area contributed by atoms with E-state index >= 15 is 0 Å². The largest absolute Gasteiger partial charge is 0.359 e. The minimum absolute atomic E-state index is 0.148. The molecule has 0 saturated carbocycles. The lowest BCUT2D eigenvalue weighted by molar-refractivity contribution is -0.121. The molecule has 2 N–H and O–H groups in total. The van der Waals surface area contributed by atoms with E-state index in [2.05, 4.69) is 69.7 Å². The van der Waals surface area contributed by atoms with Gasteiger partial charge in [-0.05, 0) is 44.7 Å². The second kappa shape index (κ2) is 11.7. The van der Waals surface area contributed by atoms with Crippen LogP contribution in [0.5, 0.6) is 0 Å². The monoisotopic (exact) mass is 387 g/mol. The van der Waals surface area contributed by atoms with Crippen molar-refractivity contribution in [3.8, 4) is 0 Å². The first-order valence-corrected chi connectivity index (χ1v) is 10.4. The third-order valence-electron chi connectivity index (χ3n) is 5.75. The molecule has 0 bridgehead atoms. The Kier molecular flexibility index (Phi) is 9.28. The summed E-state index contributed by atoms with van der Waals surface area (Å²) < 4.78 is 0. The van der Waals surface area contributed by atoms with E-state index in [0.29, 0.717) is 18.4 Å². The van der Waals surface area contributed by atoms with Crippen LogP contribution in [0.1, 0.15) is 38.2 Å². The predicted octanol–water partition coefficient (Wildman–Crippen LogP) is 2.32. The second-order valence-corrected chi connectivity index (χ2v) is 7.82. The van der Waals surface area contributed by atoms with Crippen molar-refractivity contribution in [2.75, 3.05) is 40.8 Å². The second-order valence-electron chi connectivity index (χ2n) is 7.82. The molecule has 1 fully saturated rings. The van der Waals surface area contributed by atoms with Crippen LogP contribution < -0.4 is 10.6 Å². The first-order chi connectivity index (χ1) is 13.5. The fourth-order valence-electron chi connectivity index (χ4n) is 3.69. The molecule has 1 aromatic carbocycles. The summed E-state index contributed by atoms with van der Waals surface area (Å²) in [6.45, 7) is 6.08. The smallest absolute Gasteiger partial charge is 0.220 e. The number of guanidine groups is 1. The van der Waals surface area contributed by atoms with Gasteiger partial charge in [-0.3, -0.25) is 14.7 Å². The Bertz CT molecular complexity index is 611. The number of carbonyl (C=O) groups is 1. The maximum Gasteiger partial charge on any atom is 0.220 e. The summed E-state index contributed by atoms with van der Waals surface area (Å²) in [5.74, 6) is 1.62. The van der Waals surface area contributed by atoms with Crippen LogP contribution in [0.2, 0.25) is 0 Å². The highest BCUT2D eigenvalue weighted by Gasteiger charge is 2.23. The van der Waals surface area contributed by atoms with E-state index in [-0.39, 0.29) is 5.91 Å². The van der Waals surface area contributed by atoms with Crippen molar-refractivity contribution >= 4 is 11.9 Å². The summed E-state index contributed by atoms with van der Waals surface area (Å²) in [7, 11) is 5.75. The zero-order valence-electron chi connectivity index (χ0n) is 17.9. The van der Waals surface area contributed by atoms with Crippen LogP contribution in [0.25, 0.3) is 0 Å². The number of nitrogens with one attached hydrogen (secondary N) is 2. The van der Waals surface area contributed by atoms with Gasteiger partial charge in [0.05, 0.1) is 0 Å². The number of aliphatic imine (C=N–C) groups is 1. The van der Waals surface area contributed by atoms with Gasteiger partial charge in [0.15, 0.2) is 5.96 Å². The highest BCUT2D eigenvalue weighted by atomic mass is 16.1. The van der Waals surface area contributed by atoms with E-state index in [4.69, 9.17) is 0 Å². The van der Waals surface area contributed by atoms with Gasteiger partial charge in [0.25, 0.3) is 0 Å². The number of nitrogens with zero attached hydrogens (tertiary/aromatic N) is 3. The Labute approximate surface area is 170 Å². The SMILES string of the molecule is CN=C(NCCC(C)N(C)Cc1ccccc1)N1CCC(CC(=O)NC)CC1. The predicted molar refractivity (Wildman–Crippen MR) is 116 cm³/mol. The summed E-state index contributed by atoms with van der Waals surface area (Å²) in [6.07, 6.45) is 3.80. The molecule has 0 aromatic heterocycles. The van der Waals surface area contributed by atoms with Gasteiger partial charge in [-0.25, -0.2) is 0 Å². The molecule has 6 nitrogen and oxygen atoms in total. The number of hydrogen-bond acceptors (Lipinski definition) is 3. The van der Waals surface area contributed by atoms with Gasteiger partial charge < -0.3 is 15.5 Å². The minimum Gasteiger partial charge on any atom is -0.359 e. The third kappa shape index (κ3) is 7.15. The number of hydrogen-bond donors (Lipinski definition) is 2. The van der Waals surface area contributed by atoms with Crippen LogP contribution in [-0.2, 0) is 11.3 Å². The van der Waals surface area contributed by atoms with Crippen LogP contribution in [0, 0.1) is 5.92 Å². The van der Waals surface area contributed by atoms with Crippen LogP contribution in [0.4, 0.5) is 0 Å². The van der Waals surface area contributed by atoms with E-state index in [1.807, 2.05) is 7.05 Å². The zero-order chi connectivity index (χ0) is 20.4. The lowest BCUT2D eigenvalue weighted by Crippen LogP contribution is -2.46. The van der Waals surface area contributed by atoms with Gasteiger partial charge >= 0.3 is 0 Å². The van der Waals surface area contributed by atoms with E-state index in [1.54, 1.807) is 7.05 Å². The summed E-state index contributed by atoms with van der Waals surface area (Å²) >= 11 is 0. The summed E-state index contributed by atoms with van der Waals surface area (Å²) in [4.78, 5) is 20.7. The molecule has 1 aliphatic heterocycles. The third-order valence-corrected chi connectivity index (χ3v) is 5.75. The van der Waals surface area contributed by atoms with Crippen molar-refractivity contribution in [3.05, 3.63) is 35.9 Å². The Balaban J connectivity index is 1.70. The van der Waals surface area contributed by atoms with Crippen molar-refractivity contribution in [1.82, 2.24) is 20.4 Å². The molecule has 1 amide bonds. The van der Waals surface area contributed by atoms with Gasteiger partial charge in [0, 0.05) is 52.7 Å². The molecule has 2 rings (SSSR count). The number of benzene rings is 1. The van der Waals surface area contributed by atoms with Gasteiger partial charge in [0.1, 0.15) is 0 Å². The minimum atomic E-state index is 0.148. The molecule has 1 aliphatic rings. The fraction of sp³-hybridized carbons (Fsp3) is 0.636. The topological polar surface area (TPSA) is 60.0 Å². The van der Waals surface area contributed by atoms with Gasteiger partial charge in [-0.1, -0.05) is 30.3 Å². The Morgan fingerprint density at radius 2 is 1.96 bits per heavy atom. The highest BCUT2D eigenvalue weighted by Crippen LogP contribution is 2.20. The molecule has 1 aromatic rings. The van der Waals surface area contributed by atoms with Crippen molar-refractivity contribution < 1.29 is 4.79 Å². The normalized spacial score (nSPS) is 16.9. The van der Waals surface area contributed by atoms with Crippen molar-refractivity contribution in [3.63, 3.8) is 0 Å². The summed E-state index contributed by atoms with van der Waals surface area (Å²) in [5, 5.41) is 6.25. The van der Waals surface area contributed by atoms with Gasteiger partial charge in [-0.2, -0.15) is 0 Å². The molecule has 0 spiro atoms. The van der Waals surface area contributed by atoms with E-state index < -0.39 is 0 Å². The van der Waals surface area contributed by atoms with E-state index in [0.717, 1.165) is 51.4 Å². The maximum atomic E-state index is 11.6. The van der Waals surface area contributed by atoms with Gasteiger partial charge in [0.2, 0.25) is 5.91 Å². The van der Waals surface area contributed by atoms with Crippen molar-refractivity contribution in [2.24, 2.45) is 10.9 Å². The van der Waals surface area contributed by atoms with Crippen molar-refractivity contribution in [2.45, 2.75) is 45.2 Å². The zero-order valence-corrected chi connectivity index (χ0v) is 17.9. The van der Waals surface area contributed by atoms with Crippen molar-refractivity contribution in [1.29, 1.82) is 0 Å². The standard InChI is InChI=1S/C22H37N5O/c1-18(26(4)17-20-8-6-5-7-9-20)10-13-25-22(24-3)27-14-11-19(12-15-27)16-21(28)23-2/h5-9,18-19H,10-17H2,1-4H3,(H,23,28)(H,24,25). The summed E-state index contributed by atoms with van der Waals surface area (Å²) in [5.41, 5.74) is 1.35.